The Morgan fingerprint density at radius 3 is 2.86 bits per heavy atom. The first-order valence-corrected chi connectivity index (χ1v) is 6.77. The molecule has 0 aromatic heterocycles. The molecule has 1 aliphatic rings. The number of ether oxygens (including phenoxy) is 4. The highest BCUT2D eigenvalue weighted by Gasteiger charge is 2.21. The molecule has 0 radical (unpaired) electrons. The van der Waals surface area contributed by atoms with Gasteiger partial charge in [-0.3, -0.25) is 0 Å². The van der Waals surface area contributed by atoms with E-state index in [0.717, 1.165) is 5.56 Å². The Morgan fingerprint density at radius 2 is 2.10 bits per heavy atom. The zero-order valence-electron chi connectivity index (χ0n) is 11.9. The third-order valence-electron chi connectivity index (χ3n) is 2.70. The average molecular weight is 290 g/mol. The minimum atomic E-state index is -0.560. The molecule has 0 aliphatic carbocycles. The first kappa shape index (κ1) is 15.1. The van der Waals surface area contributed by atoms with Crippen molar-refractivity contribution in [2.75, 3.05) is 19.8 Å². The zero-order valence-corrected chi connectivity index (χ0v) is 11.9. The van der Waals surface area contributed by atoms with E-state index in [2.05, 4.69) is 0 Å². The van der Waals surface area contributed by atoms with Crippen LogP contribution in [0, 0.1) is 0 Å². The standard InChI is InChI=1S/C16H18O5/c1-2-19-16(17)15-14(12-18-9-6-10-20-15)21-11-13-7-4-3-5-8-13/h3-8,10H,2,9,11-12H2,1H3/b10-6-,15-14+. The molecule has 0 saturated heterocycles. The largest absolute Gasteiger partial charge is 0.487 e. The van der Waals surface area contributed by atoms with Crippen LogP contribution >= 0.6 is 0 Å². The van der Waals surface area contributed by atoms with E-state index in [1.54, 1.807) is 13.0 Å². The van der Waals surface area contributed by atoms with E-state index in [-0.39, 0.29) is 19.0 Å². The summed E-state index contributed by atoms with van der Waals surface area (Å²) >= 11 is 0. The summed E-state index contributed by atoms with van der Waals surface area (Å²) in [5, 5.41) is 0. The lowest BCUT2D eigenvalue weighted by atomic mass is 10.2. The summed E-state index contributed by atoms with van der Waals surface area (Å²) in [4.78, 5) is 11.9. The van der Waals surface area contributed by atoms with Gasteiger partial charge in [0.25, 0.3) is 5.76 Å². The van der Waals surface area contributed by atoms with E-state index in [1.165, 1.54) is 6.26 Å². The fourth-order valence-corrected chi connectivity index (χ4v) is 1.72. The molecule has 0 amide bonds. The molecule has 0 fully saturated rings. The van der Waals surface area contributed by atoms with Gasteiger partial charge in [-0.05, 0) is 18.6 Å². The molecule has 1 heterocycles. The molecule has 21 heavy (non-hydrogen) atoms. The maximum absolute atomic E-state index is 11.9. The van der Waals surface area contributed by atoms with Crippen molar-refractivity contribution in [2.24, 2.45) is 0 Å². The van der Waals surface area contributed by atoms with Crippen molar-refractivity contribution in [3.8, 4) is 0 Å². The molecular weight excluding hydrogens is 272 g/mol. The summed E-state index contributed by atoms with van der Waals surface area (Å²) in [6, 6.07) is 9.66. The zero-order chi connectivity index (χ0) is 14.9. The predicted octanol–water partition coefficient (Wildman–Crippen LogP) is 2.54. The fraction of sp³-hybridized carbons (Fsp3) is 0.312. The fourth-order valence-electron chi connectivity index (χ4n) is 1.72. The normalized spacial score (nSPS) is 19.9. The number of rotatable bonds is 5. The van der Waals surface area contributed by atoms with Crippen molar-refractivity contribution in [3.63, 3.8) is 0 Å². The van der Waals surface area contributed by atoms with Gasteiger partial charge in [-0.2, -0.15) is 0 Å². The summed E-state index contributed by atoms with van der Waals surface area (Å²) in [6.45, 7) is 2.88. The highest BCUT2D eigenvalue weighted by atomic mass is 16.6. The van der Waals surface area contributed by atoms with Gasteiger partial charge in [-0.25, -0.2) is 4.79 Å². The van der Waals surface area contributed by atoms with Crippen LogP contribution in [-0.2, 0) is 30.3 Å². The Labute approximate surface area is 123 Å². The van der Waals surface area contributed by atoms with Crippen LogP contribution in [0.5, 0.6) is 0 Å². The lowest BCUT2D eigenvalue weighted by Gasteiger charge is -2.16. The molecule has 1 aromatic carbocycles. The van der Waals surface area contributed by atoms with E-state index in [0.29, 0.717) is 19.0 Å². The Morgan fingerprint density at radius 1 is 1.29 bits per heavy atom. The minimum Gasteiger partial charge on any atom is -0.487 e. The van der Waals surface area contributed by atoms with Crippen LogP contribution in [0.25, 0.3) is 0 Å². The first-order valence-electron chi connectivity index (χ1n) is 6.77. The maximum Gasteiger partial charge on any atom is 0.377 e. The number of esters is 1. The van der Waals surface area contributed by atoms with Gasteiger partial charge in [0.1, 0.15) is 13.2 Å². The monoisotopic (exact) mass is 290 g/mol. The second kappa shape index (κ2) is 8.11. The third-order valence-corrected chi connectivity index (χ3v) is 2.70. The van der Waals surface area contributed by atoms with Crippen LogP contribution in [0.2, 0.25) is 0 Å². The molecule has 0 saturated carbocycles. The molecule has 0 N–H and O–H groups in total. The van der Waals surface area contributed by atoms with Gasteiger partial charge >= 0.3 is 5.97 Å². The number of hydrogen-bond donors (Lipinski definition) is 0. The highest BCUT2D eigenvalue weighted by molar-refractivity contribution is 5.87. The topological polar surface area (TPSA) is 54.0 Å². The van der Waals surface area contributed by atoms with Gasteiger partial charge in [0.2, 0.25) is 0 Å². The van der Waals surface area contributed by atoms with Gasteiger partial charge in [-0.1, -0.05) is 30.3 Å². The smallest absolute Gasteiger partial charge is 0.377 e. The summed E-state index contributed by atoms with van der Waals surface area (Å²) in [5.41, 5.74) is 0.991. The van der Waals surface area contributed by atoms with Crippen molar-refractivity contribution in [3.05, 3.63) is 59.8 Å². The molecule has 0 spiro atoms. The van der Waals surface area contributed by atoms with Crippen LogP contribution in [0.3, 0.4) is 0 Å². The summed E-state index contributed by atoms with van der Waals surface area (Å²) in [6.07, 6.45) is 3.07. The number of carbonyl (C=O) groups excluding carboxylic acids is 1. The molecule has 0 atom stereocenters. The molecule has 112 valence electrons. The van der Waals surface area contributed by atoms with Crippen LogP contribution in [-0.4, -0.2) is 25.8 Å². The Balaban J connectivity index is 2.13. The maximum atomic E-state index is 11.9. The van der Waals surface area contributed by atoms with Gasteiger partial charge in [0, 0.05) is 0 Å². The summed E-state index contributed by atoms with van der Waals surface area (Å²) in [5.74, 6) is -0.193. The molecule has 5 nitrogen and oxygen atoms in total. The molecule has 0 bridgehead atoms. The Hall–Kier alpha value is -2.27. The van der Waals surface area contributed by atoms with E-state index in [9.17, 15) is 4.79 Å². The van der Waals surface area contributed by atoms with E-state index < -0.39 is 5.97 Å². The second-order valence-electron chi connectivity index (χ2n) is 4.25. The Kier molecular flexibility index (Phi) is 5.84. The van der Waals surface area contributed by atoms with Crippen LogP contribution in [0.4, 0.5) is 0 Å². The van der Waals surface area contributed by atoms with Crippen molar-refractivity contribution in [2.45, 2.75) is 13.5 Å². The van der Waals surface area contributed by atoms with Crippen LogP contribution < -0.4 is 0 Å². The van der Waals surface area contributed by atoms with Crippen molar-refractivity contribution in [1.82, 2.24) is 0 Å². The number of carbonyl (C=O) groups is 1. The van der Waals surface area contributed by atoms with Crippen molar-refractivity contribution >= 4 is 5.97 Å². The molecule has 2 rings (SSSR count). The molecule has 5 heteroatoms. The highest BCUT2D eigenvalue weighted by Crippen LogP contribution is 2.16. The van der Waals surface area contributed by atoms with Gasteiger partial charge < -0.3 is 18.9 Å². The minimum absolute atomic E-state index is 0.0312. The van der Waals surface area contributed by atoms with Crippen molar-refractivity contribution < 1.29 is 23.7 Å². The molecule has 1 aliphatic heterocycles. The van der Waals surface area contributed by atoms with Crippen molar-refractivity contribution in [1.29, 1.82) is 0 Å². The van der Waals surface area contributed by atoms with E-state index in [4.69, 9.17) is 18.9 Å². The number of hydrogen-bond acceptors (Lipinski definition) is 5. The van der Waals surface area contributed by atoms with E-state index >= 15 is 0 Å². The lowest BCUT2D eigenvalue weighted by Crippen LogP contribution is -2.17. The quantitative estimate of drug-likeness (QED) is 0.780. The Bertz CT molecular complexity index is 519. The third kappa shape index (κ3) is 4.65. The van der Waals surface area contributed by atoms with Gasteiger partial charge in [0.15, 0.2) is 5.76 Å². The second-order valence-corrected chi connectivity index (χ2v) is 4.25. The predicted molar refractivity (Wildman–Crippen MR) is 75.9 cm³/mol. The lowest BCUT2D eigenvalue weighted by molar-refractivity contribution is -0.142. The molecule has 0 unspecified atom stereocenters. The van der Waals surface area contributed by atoms with E-state index in [1.807, 2.05) is 30.3 Å². The van der Waals surface area contributed by atoms with Gasteiger partial charge in [-0.15, -0.1) is 0 Å². The SMILES string of the molecule is CCOC(=O)/C1=C(\OCc2ccccc2)COC/C=C\O1. The number of benzene rings is 1. The molecular formula is C16H18O5. The summed E-state index contributed by atoms with van der Waals surface area (Å²) in [7, 11) is 0. The van der Waals surface area contributed by atoms with Gasteiger partial charge in [0.05, 0.1) is 19.5 Å². The summed E-state index contributed by atoms with van der Waals surface area (Å²) < 4.78 is 21.3. The van der Waals surface area contributed by atoms with Crippen LogP contribution in [0.1, 0.15) is 12.5 Å². The molecule has 1 aromatic rings. The average Bonchev–Trinajstić information content (AvgIpc) is 2.47. The first-order chi connectivity index (χ1) is 10.3. The van der Waals surface area contributed by atoms with Crippen LogP contribution in [0.15, 0.2) is 54.2 Å².